The number of anilines is 3. The second-order valence-electron chi connectivity index (χ2n) is 6.51. The minimum atomic E-state index is 0.528. The van der Waals surface area contributed by atoms with Gasteiger partial charge in [-0.2, -0.15) is 4.98 Å². The summed E-state index contributed by atoms with van der Waals surface area (Å²) in [6.45, 7) is 0. The fourth-order valence-corrected chi connectivity index (χ4v) is 3.52. The molecule has 0 unspecified atom stereocenters. The van der Waals surface area contributed by atoms with Gasteiger partial charge in [0.05, 0.1) is 11.4 Å². The lowest BCUT2D eigenvalue weighted by Crippen LogP contribution is -2.17. The van der Waals surface area contributed by atoms with Gasteiger partial charge in [0, 0.05) is 22.5 Å². The number of nitrogens with zero attached hydrogens (tertiary/aromatic N) is 2. The van der Waals surface area contributed by atoms with Crippen LogP contribution in [0.2, 0.25) is 0 Å². The Bertz CT molecular complexity index is 693. The molecule has 0 atom stereocenters. The van der Waals surface area contributed by atoms with Crippen LogP contribution in [0.1, 0.15) is 50.1 Å². The zero-order valence-electron chi connectivity index (χ0n) is 13.1. The summed E-state index contributed by atoms with van der Waals surface area (Å²) in [6, 6.07) is 10.7. The van der Waals surface area contributed by atoms with Gasteiger partial charge in [-0.15, -0.1) is 0 Å². The second kappa shape index (κ2) is 6.48. The zero-order valence-corrected chi connectivity index (χ0v) is 14.6. The molecule has 2 aliphatic carbocycles. The summed E-state index contributed by atoms with van der Waals surface area (Å²) < 4.78 is 1.04. The van der Waals surface area contributed by atoms with Crippen LogP contribution in [0.3, 0.4) is 0 Å². The van der Waals surface area contributed by atoms with Crippen molar-refractivity contribution in [3.05, 3.63) is 40.5 Å². The van der Waals surface area contributed by atoms with E-state index in [-0.39, 0.29) is 0 Å². The molecule has 0 radical (unpaired) electrons. The van der Waals surface area contributed by atoms with E-state index in [0.717, 1.165) is 27.6 Å². The SMILES string of the molecule is Brc1ccccc1Nc1cc(C2CC2)nc(NC2CCCC2)n1. The summed E-state index contributed by atoms with van der Waals surface area (Å²) in [4.78, 5) is 9.44. The van der Waals surface area contributed by atoms with Crippen LogP contribution in [-0.4, -0.2) is 16.0 Å². The van der Waals surface area contributed by atoms with Crippen LogP contribution < -0.4 is 10.6 Å². The highest BCUT2D eigenvalue weighted by molar-refractivity contribution is 9.10. The number of para-hydroxylation sites is 1. The third kappa shape index (κ3) is 3.66. The van der Waals surface area contributed by atoms with E-state index in [1.807, 2.05) is 24.3 Å². The van der Waals surface area contributed by atoms with Crippen molar-refractivity contribution < 1.29 is 0 Å². The smallest absolute Gasteiger partial charge is 0.225 e. The lowest BCUT2D eigenvalue weighted by molar-refractivity contribution is 0.742. The summed E-state index contributed by atoms with van der Waals surface area (Å²) in [5.74, 6) is 2.26. The summed E-state index contributed by atoms with van der Waals surface area (Å²) in [7, 11) is 0. The highest BCUT2D eigenvalue weighted by Gasteiger charge is 2.27. The van der Waals surface area contributed by atoms with Crippen LogP contribution in [0.15, 0.2) is 34.8 Å². The highest BCUT2D eigenvalue weighted by Crippen LogP contribution is 2.40. The van der Waals surface area contributed by atoms with E-state index in [2.05, 4.69) is 37.6 Å². The normalized spacial score (nSPS) is 18.1. The molecule has 2 aliphatic rings. The van der Waals surface area contributed by atoms with Crippen LogP contribution in [-0.2, 0) is 0 Å². The molecule has 2 N–H and O–H groups in total. The van der Waals surface area contributed by atoms with Crippen molar-refractivity contribution in [1.82, 2.24) is 9.97 Å². The first kappa shape index (κ1) is 14.9. The Kier molecular flexibility index (Phi) is 4.21. The second-order valence-corrected chi connectivity index (χ2v) is 7.36. The Morgan fingerprint density at radius 3 is 2.52 bits per heavy atom. The minimum Gasteiger partial charge on any atom is -0.351 e. The molecule has 2 saturated carbocycles. The molecule has 4 nitrogen and oxygen atoms in total. The molecule has 0 spiro atoms. The molecule has 1 aromatic carbocycles. The Morgan fingerprint density at radius 2 is 1.78 bits per heavy atom. The largest absolute Gasteiger partial charge is 0.351 e. The van der Waals surface area contributed by atoms with Gasteiger partial charge in [0.25, 0.3) is 0 Å². The molecule has 2 fully saturated rings. The third-order valence-corrected chi connectivity index (χ3v) is 5.26. The van der Waals surface area contributed by atoms with E-state index in [4.69, 9.17) is 4.98 Å². The van der Waals surface area contributed by atoms with E-state index < -0.39 is 0 Å². The van der Waals surface area contributed by atoms with Crippen LogP contribution in [0.4, 0.5) is 17.5 Å². The van der Waals surface area contributed by atoms with Gasteiger partial charge in [-0.3, -0.25) is 0 Å². The van der Waals surface area contributed by atoms with E-state index >= 15 is 0 Å². The molecule has 0 saturated heterocycles. The van der Waals surface area contributed by atoms with E-state index in [1.54, 1.807) is 0 Å². The number of hydrogen-bond acceptors (Lipinski definition) is 4. The molecule has 4 rings (SSSR count). The molecule has 1 aromatic heterocycles. The van der Waals surface area contributed by atoms with Gasteiger partial charge in [-0.05, 0) is 53.7 Å². The number of benzene rings is 1. The van der Waals surface area contributed by atoms with Crippen molar-refractivity contribution in [3.63, 3.8) is 0 Å². The lowest BCUT2D eigenvalue weighted by Gasteiger charge is -2.15. The molecular weight excluding hydrogens is 352 g/mol. The van der Waals surface area contributed by atoms with Gasteiger partial charge in [-0.25, -0.2) is 4.98 Å². The quantitative estimate of drug-likeness (QED) is 0.755. The van der Waals surface area contributed by atoms with Gasteiger partial charge in [0.15, 0.2) is 0 Å². The summed E-state index contributed by atoms with van der Waals surface area (Å²) in [5, 5.41) is 6.95. The molecule has 5 heteroatoms. The monoisotopic (exact) mass is 372 g/mol. The van der Waals surface area contributed by atoms with Gasteiger partial charge < -0.3 is 10.6 Å². The number of rotatable bonds is 5. The van der Waals surface area contributed by atoms with Gasteiger partial charge in [0.2, 0.25) is 5.95 Å². The standard InChI is InChI=1S/C18H21BrN4/c19-14-7-3-4-8-15(14)21-17-11-16(12-9-10-12)22-18(23-17)20-13-5-1-2-6-13/h3-4,7-8,11-13H,1-2,5-6,9-10H2,(H2,20,21,22,23). The van der Waals surface area contributed by atoms with Crippen molar-refractivity contribution in [2.75, 3.05) is 10.6 Å². The maximum Gasteiger partial charge on any atom is 0.225 e. The fraction of sp³-hybridized carbons (Fsp3) is 0.444. The highest BCUT2D eigenvalue weighted by atomic mass is 79.9. The maximum absolute atomic E-state index is 4.75. The first-order valence-corrected chi connectivity index (χ1v) is 9.24. The first-order chi connectivity index (χ1) is 11.3. The number of aromatic nitrogens is 2. The Balaban J connectivity index is 1.59. The van der Waals surface area contributed by atoms with Crippen LogP contribution in [0.25, 0.3) is 0 Å². The van der Waals surface area contributed by atoms with Crippen LogP contribution in [0, 0.1) is 0 Å². The molecule has 120 valence electrons. The molecule has 0 aliphatic heterocycles. The van der Waals surface area contributed by atoms with Crippen molar-refractivity contribution >= 4 is 33.4 Å². The van der Waals surface area contributed by atoms with Gasteiger partial charge in [0.1, 0.15) is 5.82 Å². The van der Waals surface area contributed by atoms with Crippen LogP contribution in [0.5, 0.6) is 0 Å². The first-order valence-electron chi connectivity index (χ1n) is 8.45. The number of halogens is 1. The number of hydrogen-bond donors (Lipinski definition) is 2. The molecule has 2 aromatic rings. The lowest BCUT2D eigenvalue weighted by atomic mass is 10.2. The van der Waals surface area contributed by atoms with Gasteiger partial charge in [-0.1, -0.05) is 25.0 Å². The topological polar surface area (TPSA) is 49.8 Å². The predicted molar refractivity (Wildman–Crippen MR) is 97.3 cm³/mol. The maximum atomic E-state index is 4.75. The summed E-state index contributed by atoms with van der Waals surface area (Å²) >= 11 is 3.58. The van der Waals surface area contributed by atoms with Crippen molar-refractivity contribution in [3.8, 4) is 0 Å². The molecule has 0 bridgehead atoms. The third-order valence-electron chi connectivity index (χ3n) is 4.57. The fourth-order valence-electron chi connectivity index (χ4n) is 3.14. The zero-order chi connectivity index (χ0) is 15.6. The van der Waals surface area contributed by atoms with Crippen molar-refractivity contribution in [2.45, 2.75) is 50.5 Å². The predicted octanol–water partition coefficient (Wildman–Crippen LogP) is 5.21. The summed E-state index contributed by atoms with van der Waals surface area (Å²) in [5.41, 5.74) is 2.19. The molecule has 0 amide bonds. The van der Waals surface area contributed by atoms with Crippen LogP contribution >= 0.6 is 15.9 Å². The number of nitrogens with one attached hydrogen (secondary N) is 2. The Labute approximate surface area is 145 Å². The van der Waals surface area contributed by atoms with E-state index in [1.165, 1.54) is 38.5 Å². The Hall–Kier alpha value is -1.62. The van der Waals surface area contributed by atoms with Crippen molar-refractivity contribution in [2.24, 2.45) is 0 Å². The summed E-state index contributed by atoms with van der Waals surface area (Å²) in [6.07, 6.45) is 7.56. The van der Waals surface area contributed by atoms with E-state index in [9.17, 15) is 0 Å². The Morgan fingerprint density at radius 1 is 1.00 bits per heavy atom. The molecule has 23 heavy (non-hydrogen) atoms. The minimum absolute atomic E-state index is 0.528. The average Bonchev–Trinajstić information content (AvgIpc) is 3.28. The average molecular weight is 373 g/mol. The molecular formula is C18H21BrN4. The van der Waals surface area contributed by atoms with Crippen molar-refractivity contribution in [1.29, 1.82) is 0 Å². The van der Waals surface area contributed by atoms with Gasteiger partial charge >= 0.3 is 0 Å². The molecule has 1 heterocycles. The van der Waals surface area contributed by atoms with E-state index in [0.29, 0.717) is 12.0 Å².